The normalized spacial score (nSPS) is 11.3. The van der Waals surface area contributed by atoms with Gasteiger partial charge in [-0.3, -0.25) is 9.20 Å². The van der Waals surface area contributed by atoms with Crippen LogP contribution in [0.25, 0.3) is 5.65 Å². The maximum Gasteiger partial charge on any atom is 0.311 e. The third-order valence-corrected chi connectivity index (χ3v) is 3.86. The van der Waals surface area contributed by atoms with E-state index in [1.165, 1.54) is 12.7 Å². The van der Waals surface area contributed by atoms with Crippen molar-refractivity contribution in [1.82, 2.24) is 9.38 Å². The monoisotopic (exact) mass is 322 g/mol. The van der Waals surface area contributed by atoms with Crippen molar-refractivity contribution in [2.75, 3.05) is 7.11 Å². The van der Waals surface area contributed by atoms with E-state index < -0.39 is 0 Å². The van der Waals surface area contributed by atoms with E-state index in [2.05, 4.69) is 22.1 Å². The molecule has 1 aromatic carbocycles. The quantitative estimate of drug-likeness (QED) is 0.537. The summed E-state index contributed by atoms with van der Waals surface area (Å²) in [4.78, 5) is 16.1. The van der Waals surface area contributed by atoms with E-state index >= 15 is 0 Å². The van der Waals surface area contributed by atoms with E-state index in [-0.39, 0.29) is 12.4 Å². The molecule has 0 bridgehead atoms. The Labute approximate surface area is 139 Å². The first-order valence-electron chi connectivity index (χ1n) is 7.60. The number of ether oxygens (including phenoxy) is 1. The number of azo groups is 1. The predicted octanol–water partition coefficient (Wildman–Crippen LogP) is 4.08. The standard InChI is InChI=1S/C18H18N4O2/c1-12-7-8-14(10-13(12)2)20-21-18-15(11-17(23)24-3)19-16-6-4-5-9-22(16)18/h4-10H,11H2,1-3H3. The van der Waals surface area contributed by atoms with Gasteiger partial charge >= 0.3 is 5.97 Å². The molecule has 0 saturated heterocycles. The zero-order chi connectivity index (χ0) is 17.1. The first kappa shape index (κ1) is 15.9. The summed E-state index contributed by atoms with van der Waals surface area (Å²) in [6, 6.07) is 11.5. The number of carbonyl (C=O) groups is 1. The summed E-state index contributed by atoms with van der Waals surface area (Å²) in [5, 5.41) is 8.65. The number of esters is 1. The van der Waals surface area contributed by atoms with Crippen LogP contribution in [0.2, 0.25) is 0 Å². The lowest BCUT2D eigenvalue weighted by Gasteiger charge is -2.01. The molecule has 3 rings (SSSR count). The molecule has 0 radical (unpaired) electrons. The van der Waals surface area contributed by atoms with Gasteiger partial charge in [0.2, 0.25) is 0 Å². The van der Waals surface area contributed by atoms with Crippen molar-refractivity contribution in [1.29, 1.82) is 0 Å². The molecule has 0 aliphatic heterocycles. The molecule has 0 aliphatic rings. The Hall–Kier alpha value is -3.02. The first-order valence-corrected chi connectivity index (χ1v) is 7.60. The van der Waals surface area contributed by atoms with Gasteiger partial charge in [0.05, 0.1) is 24.9 Å². The fourth-order valence-electron chi connectivity index (χ4n) is 2.36. The first-order chi connectivity index (χ1) is 11.6. The number of rotatable bonds is 4. The number of aryl methyl sites for hydroxylation is 2. The van der Waals surface area contributed by atoms with Gasteiger partial charge in [0.1, 0.15) is 5.65 Å². The second-order valence-corrected chi connectivity index (χ2v) is 5.53. The van der Waals surface area contributed by atoms with Gasteiger partial charge in [-0.05, 0) is 49.2 Å². The summed E-state index contributed by atoms with van der Waals surface area (Å²) in [5.74, 6) is 0.176. The molecule has 0 saturated carbocycles. The van der Waals surface area contributed by atoms with Crippen molar-refractivity contribution in [2.24, 2.45) is 10.2 Å². The van der Waals surface area contributed by atoms with Crippen molar-refractivity contribution < 1.29 is 9.53 Å². The summed E-state index contributed by atoms with van der Waals surface area (Å²) in [5.41, 5.74) is 4.37. The highest BCUT2D eigenvalue weighted by Crippen LogP contribution is 2.25. The largest absolute Gasteiger partial charge is 0.469 e. The summed E-state index contributed by atoms with van der Waals surface area (Å²) >= 11 is 0. The van der Waals surface area contributed by atoms with Crippen molar-refractivity contribution >= 4 is 23.1 Å². The molecule has 3 aromatic rings. The molecule has 0 aliphatic carbocycles. The molecule has 0 unspecified atom stereocenters. The molecule has 0 amide bonds. The highest BCUT2D eigenvalue weighted by molar-refractivity contribution is 5.74. The number of imidazole rings is 1. The van der Waals surface area contributed by atoms with E-state index in [1.54, 1.807) is 0 Å². The van der Waals surface area contributed by atoms with E-state index in [0.29, 0.717) is 17.2 Å². The summed E-state index contributed by atoms with van der Waals surface area (Å²) in [6.45, 7) is 4.08. The number of pyridine rings is 1. The van der Waals surface area contributed by atoms with Gasteiger partial charge in [0.25, 0.3) is 0 Å². The van der Waals surface area contributed by atoms with Crippen molar-refractivity contribution in [3.8, 4) is 0 Å². The number of carbonyl (C=O) groups excluding carboxylic acids is 1. The third-order valence-electron chi connectivity index (χ3n) is 3.86. The molecule has 2 heterocycles. The van der Waals surface area contributed by atoms with Crippen LogP contribution < -0.4 is 0 Å². The molecule has 0 N–H and O–H groups in total. The molecule has 2 aromatic heterocycles. The van der Waals surface area contributed by atoms with E-state index in [9.17, 15) is 4.79 Å². The van der Waals surface area contributed by atoms with Crippen LogP contribution in [0, 0.1) is 13.8 Å². The molecule has 6 nitrogen and oxygen atoms in total. The summed E-state index contributed by atoms with van der Waals surface area (Å²) < 4.78 is 6.54. The van der Waals surface area contributed by atoms with Crippen LogP contribution in [0.1, 0.15) is 16.8 Å². The zero-order valence-corrected chi connectivity index (χ0v) is 13.9. The van der Waals surface area contributed by atoms with E-state index in [1.807, 2.05) is 53.9 Å². The lowest BCUT2D eigenvalue weighted by Crippen LogP contribution is -2.04. The Balaban J connectivity index is 2.02. The molecule has 24 heavy (non-hydrogen) atoms. The molecule has 0 spiro atoms. The smallest absolute Gasteiger partial charge is 0.311 e. The second kappa shape index (κ2) is 6.62. The number of aromatic nitrogens is 2. The van der Waals surface area contributed by atoms with Crippen LogP contribution in [-0.4, -0.2) is 22.5 Å². The summed E-state index contributed by atoms with van der Waals surface area (Å²) in [7, 11) is 1.36. The van der Waals surface area contributed by atoms with Crippen LogP contribution in [0.3, 0.4) is 0 Å². The van der Waals surface area contributed by atoms with Crippen LogP contribution in [0.4, 0.5) is 11.5 Å². The minimum absolute atomic E-state index is 0.0550. The van der Waals surface area contributed by atoms with Gasteiger partial charge in [-0.2, -0.15) is 0 Å². The number of fused-ring (bicyclic) bond motifs is 1. The SMILES string of the molecule is COC(=O)Cc1nc2ccccn2c1N=Nc1ccc(C)c(C)c1. The number of hydrogen-bond acceptors (Lipinski definition) is 5. The minimum atomic E-state index is -0.360. The molecule has 6 heteroatoms. The number of methoxy groups -OCH3 is 1. The topological polar surface area (TPSA) is 68.3 Å². The lowest BCUT2D eigenvalue weighted by molar-refractivity contribution is -0.139. The predicted molar refractivity (Wildman–Crippen MR) is 91.0 cm³/mol. The minimum Gasteiger partial charge on any atom is -0.469 e. The number of benzene rings is 1. The Kier molecular flexibility index (Phi) is 4.37. The van der Waals surface area contributed by atoms with Crippen LogP contribution >= 0.6 is 0 Å². The molecular formula is C18H18N4O2. The Morgan fingerprint density at radius 3 is 2.75 bits per heavy atom. The van der Waals surface area contributed by atoms with Crippen LogP contribution in [-0.2, 0) is 16.0 Å². The zero-order valence-electron chi connectivity index (χ0n) is 13.9. The van der Waals surface area contributed by atoms with Gasteiger partial charge in [-0.1, -0.05) is 12.1 Å². The number of nitrogens with zero attached hydrogens (tertiary/aromatic N) is 4. The highest BCUT2D eigenvalue weighted by Gasteiger charge is 2.15. The summed E-state index contributed by atoms with van der Waals surface area (Å²) in [6.07, 6.45) is 1.90. The fraction of sp³-hybridized carbons (Fsp3) is 0.222. The van der Waals surface area contributed by atoms with Gasteiger partial charge in [-0.25, -0.2) is 4.98 Å². The maximum atomic E-state index is 11.6. The fourth-order valence-corrected chi connectivity index (χ4v) is 2.36. The maximum absolute atomic E-state index is 11.6. The second-order valence-electron chi connectivity index (χ2n) is 5.53. The van der Waals surface area contributed by atoms with Crippen molar-refractivity contribution in [3.05, 3.63) is 59.4 Å². The average molecular weight is 322 g/mol. The Bertz CT molecular complexity index is 928. The molecular weight excluding hydrogens is 304 g/mol. The molecule has 0 atom stereocenters. The van der Waals surface area contributed by atoms with E-state index in [0.717, 1.165) is 11.3 Å². The van der Waals surface area contributed by atoms with Gasteiger partial charge in [0, 0.05) is 6.20 Å². The van der Waals surface area contributed by atoms with E-state index in [4.69, 9.17) is 4.74 Å². The highest BCUT2D eigenvalue weighted by atomic mass is 16.5. The average Bonchev–Trinajstić information content (AvgIpc) is 2.93. The number of hydrogen-bond donors (Lipinski definition) is 0. The molecule has 122 valence electrons. The Morgan fingerprint density at radius 2 is 2.00 bits per heavy atom. The Morgan fingerprint density at radius 1 is 1.17 bits per heavy atom. The van der Waals surface area contributed by atoms with Crippen LogP contribution in [0.15, 0.2) is 52.8 Å². The third kappa shape index (κ3) is 3.17. The van der Waals surface area contributed by atoms with Crippen molar-refractivity contribution in [3.63, 3.8) is 0 Å². The van der Waals surface area contributed by atoms with Gasteiger partial charge < -0.3 is 4.74 Å². The van der Waals surface area contributed by atoms with Gasteiger partial charge in [0.15, 0.2) is 5.82 Å². The molecule has 0 fully saturated rings. The van der Waals surface area contributed by atoms with Crippen LogP contribution in [0.5, 0.6) is 0 Å². The van der Waals surface area contributed by atoms with Gasteiger partial charge in [-0.15, -0.1) is 10.2 Å². The lowest BCUT2D eigenvalue weighted by atomic mass is 10.1. The van der Waals surface area contributed by atoms with Crippen molar-refractivity contribution in [2.45, 2.75) is 20.3 Å².